The van der Waals surface area contributed by atoms with E-state index >= 15 is 0 Å². The fraction of sp³-hybridized carbons (Fsp3) is 0.0714. The molecule has 0 aromatic heterocycles. The molecule has 0 aliphatic rings. The second-order valence-corrected chi connectivity index (χ2v) is 5.60. The first-order valence-corrected chi connectivity index (χ1v) is 6.82. The molecular weight excluding hydrogens is 358 g/mol. The van der Waals surface area contributed by atoms with Gasteiger partial charge in [-0.3, -0.25) is 0 Å². The molecule has 18 heavy (non-hydrogen) atoms. The van der Waals surface area contributed by atoms with E-state index in [1.165, 1.54) is 0 Å². The van der Waals surface area contributed by atoms with Crippen molar-refractivity contribution in [3.8, 4) is 17.6 Å². The topological polar surface area (TPSA) is 33.0 Å². The summed E-state index contributed by atoms with van der Waals surface area (Å²) in [6.07, 6.45) is 0. The molecule has 0 radical (unpaired) electrons. The van der Waals surface area contributed by atoms with Gasteiger partial charge in [0.05, 0.1) is 5.56 Å². The first-order chi connectivity index (χ1) is 8.60. The molecule has 0 atom stereocenters. The standard InChI is InChI=1S/C14H9Br2NO/c1-9-6-11(15)4-5-13(9)18-14-7-12(16)3-2-10(14)8-17/h2-7H,1H3. The van der Waals surface area contributed by atoms with Crippen LogP contribution in [0.4, 0.5) is 0 Å². The average Bonchev–Trinajstić information content (AvgIpc) is 2.33. The first-order valence-electron chi connectivity index (χ1n) is 5.24. The van der Waals surface area contributed by atoms with Crippen LogP contribution in [0.25, 0.3) is 0 Å². The number of nitriles is 1. The van der Waals surface area contributed by atoms with Crippen LogP contribution in [0, 0.1) is 18.3 Å². The zero-order valence-corrected chi connectivity index (χ0v) is 12.7. The Morgan fingerprint density at radius 2 is 1.67 bits per heavy atom. The van der Waals surface area contributed by atoms with Gasteiger partial charge >= 0.3 is 0 Å². The summed E-state index contributed by atoms with van der Waals surface area (Å²) in [6, 6.07) is 13.2. The minimum Gasteiger partial charge on any atom is -0.456 e. The van der Waals surface area contributed by atoms with Crippen LogP contribution in [0.1, 0.15) is 11.1 Å². The average molecular weight is 367 g/mol. The van der Waals surface area contributed by atoms with Crippen LogP contribution in [-0.4, -0.2) is 0 Å². The number of rotatable bonds is 2. The van der Waals surface area contributed by atoms with Crippen LogP contribution in [0.5, 0.6) is 11.5 Å². The molecule has 4 heteroatoms. The third-order valence-electron chi connectivity index (χ3n) is 2.42. The van der Waals surface area contributed by atoms with Gasteiger partial charge < -0.3 is 4.74 Å². The van der Waals surface area contributed by atoms with Crippen molar-refractivity contribution in [1.82, 2.24) is 0 Å². The highest BCUT2D eigenvalue weighted by Gasteiger charge is 2.07. The third kappa shape index (κ3) is 2.92. The molecule has 0 heterocycles. The molecule has 0 amide bonds. The molecule has 0 saturated carbocycles. The first kappa shape index (κ1) is 13.1. The number of benzene rings is 2. The molecule has 0 aliphatic heterocycles. The smallest absolute Gasteiger partial charge is 0.146 e. The molecule has 2 aromatic carbocycles. The number of hydrogen-bond donors (Lipinski definition) is 0. The van der Waals surface area contributed by atoms with Crippen molar-refractivity contribution in [2.45, 2.75) is 6.92 Å². The molecule has 2 aromatic rings. The van der Waals surface area contributed by atoms with Gasteiger partial charge in [-0.25, -0.2) is 0 Å². The summed E-state index contributed by atoms with van der Waals surface area (Å²) in [6.45, 7) is 1.96. The molecule has 2 nitrogen and oxygen atoms in total. The number of nitrogens with zero attached hydrogens (tertiary/aromatic N) is 1. The number of aryl methyl sites for hydroxylation is 1. The van der Waals surface area contributed by atoms with Gasteiger partial charge in [-0.15, -0.1) is 0 Å². The molecule has 0 saturated heterocycles. The third-order valence-corrected chi connectivity index (χ3v) is 3.41. The lowest BCUT2D eigenvalue weighted by Gasteiger charge is -2.10. The molecule has 0 bridgehead atoms. The molecule has 0 aliphatic carbocycles. The zero-order valence-electron chi connectivity index (χ0n) is 9.58. The van der Waals surface area contributed by atoms with Crippen LogP contribution in [0.2, 0.25) is 0 Å². The summed E-state index contributed by atoms with van der Waals surface area (Å²) in [5.41, 5.74) is 1.52. The highest BCUT2D eigenvalue weighted by atomic mass is 79.9. The van der Waals surface area contributed by atoms with E-state index in [1.54, 1.807) is 12.1 Å². The Morgan fingerprint density at radius 3 is 2.33 bits per heavy atom. The zero-order chi connectivity index (χ0) is 13.1. The number of ether oxygens (including phenoxy) is 1. The van der Waals surface area contributed by atoms with Gasteiger partial charge in [0.1, 0.15) is 17.6 Å². The van der Waals surface area contributed by atoms with E-state index in [4.69, 9.17) is 10.00 Å². The van der Waals surface area contributed by atoms with Crippen LogP contribution in [0.3, 0.4) is 0 Å². The fourth-order valence-electron chi connectivity index (χ4n) is 1.52. The van der Waals surface area contributed by atoms with Crippen LogP contribution in [0.15, 0.2) is 45.3 Å². The van der Waals surface area contributed by atoms with Crippen molar-refractivity contribution in [1.29, 1.82) is 5.26 Å². The SMILES string of the molecule is Cc1cc(Br)ccc1Oc1cc(Br)ccc1C#N. The Balaban J connectivity index is 2.40. The van der Waals surface area contributed by atoms with Gasteiger partial charge in [-0.05, 0) is 48.9 Å². The Bertz CT molecular complexity index is 632. The summed E-state index contributed by atoms with van der Waals surface area (Å²) < 4.78 is 7.68. The maximum absolute atomic E-state index is 9.05. The minimum absolute atomic E-state index is 0.514. The van der Waals surface area contributed by atoms with Crippen molar-refractivity contribution in [2.24, 2.45) is 0 Å². The molecule has 0 unspecified atom stereocenters. The number of halogens is 2. The van der Waals surface area contributed by atoms with E-state index in [0.717, 1.165) is 20.3 Å². The predicted octanol–water partition coefficient (Wildman–Crippen LogP) is 5.18. The lowest BCUT2D eigenvalue weighted by molar-refractivity contribution is 0.477. The van der Waals surface area contributed by atoms with Gasteiger partial charge in [0.2, 0.25) is 0 Å². The molecule has 0 fully saturated rings. The minimum atomic E-state index is 0.514. The van der Waals surface area contributed by atoms with E-state index < -0.39 is 0 Å². The highest BCUT2D eigenvalue weighted by Crippen LogP contribution is 2.31. The van der Waals surface area contributed by atoms with Crippen LogP contribution >= 0.6 is 31.9 Å². The Hall–Kier alpha value is -1.31. The second kappa shape index (κ2) is 5.55. The second-order valence-electron chi connectivity index (χ2n) is 3.76. The largest absolute Gasteiger partial charge is 0.456 e. The predicted molar refractivity (Wildman–Crippen MR) is 77.8 cm³/mol. The molecule has 2 rings (SSSR count). The van der Waals surface area contributed by atoms with E-state index in [-0.39, 0.29) is 0 Å². The van der Waals surface area contributed by atoms with E-state index in [1.807, 2.05) is 31.2 Å². The Labute approximate surface area is 122 Å². The summed E-state index contributed by atoms with van der Waals surface area (Å²) >= 11 is 6.78. The van der Waals surface area contributed by atoms with E-state index in [9.17, 15) is 0 Å². The maximum atomic E-state index is 9.05. The van der Waals surface area contributed by atoms with Crippen molar-refractivity contribution in [3.05, 3.63) is 56.5 Å². The van der Waals surface area contributed by atoms with Gasteiger partial charge in [-0.2, -0.15) is 5.26 Å². The summed E-state index contributed by atoms with van der Waals surface area (Å²) in [7, 11) is 0. The lowest BCUT2D eigenvalue weighted by atomic mass is 10.2. The molecule has 0 spiro atoms. The molecule has 90 valence electrons. The van der Waals surface area contributed by atoms with Gasteiger partial charge in [0.15, 0.2) is 0 Å². The van der Waals surface area contributed by atoms with Crippen molar-refractivity contribution in [3.63, 3.8) is 0 Å². The van der Waals surface area contributed by atoms with Crippen LogP contribution < -0.4 is 4.74 Å². The normalized spacial score (nSPS) is 9.89. The summed E-state index contributed by atoms with van der Waals surface area (Å²) in [5.74, 6) is 1.30. The highest BCUT2D eigenvalue weighted by molar-refractivity contribution is 9.10. The molecular formula is C14H9Br2NO. The van der Waals surface area contributed by atoms with E-state index in [0.29, 0.717) is 11.3 Å². The van der Waals surface area contributed by atoms with Crippen molar-refractivity contribution in [2.75, 3.05) is 0 Å². The fourth-order valence-corrected chi connectivity index (χ4v) is 2.33. The van der Waals surface area contributed by atoms with Crippen LogP contribution in [-0.2, 0) is 0 Å². The van der Waals surface area contributed by atoms with E-state index in [2.05, 4.69) is 37.9 Å². The monoisotopic (exact) mass is 365 g/mol. The Kier molecular flexibility index (Phi) is 4.05. The quantitative estimate of drug-likeness (QED) is 0.733. The van der Waals surface area contributed by atoms with Gasteiger partial charge in [0, 0.05) is 8.95 Å². The Morgan fingerprint density at radius 1 is 1.00 bits per heavy atom. The lowest BCUT2D eigenvalue weighted by Crippen LogP contribution is -1.90. The number of hydrogen-bond acceptors (Lipinski definition) is 2. The van der Waals surface area contributed by atoms with Gasteiger partial charge in [-0.1, -0.05) is 31.9 Å². The maximum Gasteiger partial charge on any atom is 0.146 e. The van der Waals surface area contributed by atoms with Gasteiger partial charge in [0.25, 0.3) is 0 Å². The van der Waals surface area contributed by atoms with Crippen molar-refractivity contribution >= 4 is 31.9 Å². The van der Waals surface area contributed by atoms with Crippen molar-refractivity contribution < 1.29 is 4.74 Å². The molecule has 0 N–H and O–H groups in total. The summed E-state index contributed by atoms with van der Waals surface area (Å²) in [4.78, 5) is 0. The summed E-state index contributed by atoms with van der Waals surface area (Å²) in [5, 5.41) is 9.05.